The minimum atomic E-state index is -0.484. The molecule has 110 valence electrons. The Kier molecular flexibility index (Phi) is 5.28. The predicted octanol–water partition coefficient (Wildman–Crippen LogP) is 4.80. The van der Waals surface area contributed by atoms with Gasteiger partial charge < -0.3 is 10.1 Å². The van der Waals surface area contributed by atoms with E-state index in [0.29, 0.717) is 21.5 Å². The third kappa shape index (κ3) is 4.49. The van der Waals surface area contributed by atoms with E-state index >= 15 is 0 Å². The summed E-state index contributed by atoms with van der Waals surface area (Å²) < 4.78 is 18.2. The number of anilines is 1. The predicted molar refractivity (Wildman–Crippen MR) is 82.0 cm³/mol. The van der Waals surface area contributed by atoms with Gasteiger partial charge in [0.1, 0.15) is 11.6 Å². The molecular formula is C14H9Cl3FNO2. The van der Waals surface area contributed by atoms with Crippen LogP contribution in [0.25, 0.3) is 0 Å². The Balaban J connectivity index is 1.96. The normalized spacial score (nSPS) is 10.3. The molecule has 0 heterocycles. The number of carbonyl (C=O) groups excluding carboxylic acids is 1. The molecule has 2 aromatic rings. The molecule has 0 aromatic heterocycles. The molecule has 2 rings (SSSR count). The molecule has 0 atom stereocenters. The lowest BCUT2D eigenvalue weighted by molar-refractivity contribution is -0.118. The molecule has 1 amide bonds. The molecule has 0 fully saturated rings. The fourth-order valence-corrected chi connectivity index (χ4v) is 2.19. The van der Waals surface area contributed by atoms with E-state index in [1.807, 2.05) is 0 Å². The first kappa shape index (κ1) is 15.9. The second kappa shape index (κ2) is 6.98. The number of halogens is 4. The summed E-state index contributed by atoms with van der Waals surface area (Å²) in [6.45, 7) is -0.269. The Hall–Kier alpha value is -1.49. The molecule has 0 radical (unpaired) electrons. The average molecular weight is 349 g/mol. The van der Waals surface area contributed by atoms with Crippen LogP contribution in [0.15, 0.2) is 36.4 Å². The van der Waals surface area contributed by atoms with Gasteiger partial charge in [0, 0.05) is 5.02 Å². The lowest BCUT2D eigenvalue weighted by atomic mass is 10.3. The molecule has 3 nitrogen and oxygen atoms in total. The van der Waals surface area contributed by atoms with E-state index in [4.69, 9.17) is 39.5 Å². The van der Waals surface area contributed by atoms with Crippen molar-refractivity contribution in [1.29, 1.82) is 0 Å². The van der Waals surface area contributed by atoms with E-state index in [9.17, 15) is 9.18 Å². The van der Waals surface area contributed by atoms with Gasteiger partial charge in [-0.3, -0.25) is 4.79 Å². The highest BCUT2D eigenvalue weighted by Gasteiger charge is 2.09. The van der Waals surface area contributed by atoms with Crippen LogP contribution < -0.4 is 10.1 Å². The van der Waals surface area contributed by atoms with Crippen LogP contribution in [0.3, 0.4) is 0 Å². The minimum Gasteiger partial charge on any atom is -0.482 e. The number of carbonyl (C=O) groups is 1. The average Bonchev–Trinajstić information content (AvgIpc) is 2.41. The number of nitrogens with one attached hydrogen (secondary N) is 1. The molecule has 0 unspecified atom stereocenters. The Morgan fingerprint density at radius 3 is 2.52 bits per heavy atom. The lowest BCUT2D eigenvalue weighted by Gasteiger charge is -2.10. The topological polar surface area (TPSA) is 38.3 Å². The van der Waals surface area contributed by atoms with Crippen LogP contribution in [0, 0.1) is 5.82 Å². The Labute approximate surface area is 135 Å². The van der Waals surface area contributed by atoms with Gasteiger partial charge in [-0.2, -0.15) is 0 Å². The molecular weight excluding hydrogens is 340 g/mol. The van der Waals surface area contributed by atoms with Gasteiger partial charge in [0.05, 0.1) is 15.7 Å². The van der Waals surface area contributed by atoms with Gasteiger partial charge in [-0.25, -0.2) is 4.39 Å². The van der Waals surface area contributed by atoms with Crippen molar-refractivity contribution in [2.45, 2.75) is 0 Å². The molecule has 21 heavy (non-hydrogen) atoms. The third-order valence-corrected chi connectivity index (χ3v) is 3.30. The van der Waals surface area contributed by atoms with Gasteiger partial charge >= 0.3 is 0 Å². The van der Waals surface area contributed by atoms with E-state index in [2.05, 4.69) is 5.32 Å². The number of amides is 1. The fourth-order valence-electron chi connectivity index (χ4n) is 1.51. The smallest absolute Gasteiger partial charge is 0.262 e. The maximum atomic E-state index is 12.9. The van der Waals surface area contributed by atoms with Crippen LogP contribution in [0.4, 0.5) is 10.1 Å². The molecule has 1 N–H and O–H groups in total. The van der Waals surface area contributed by atoms with E-state index in [1.165, 1.54) is 18.2 Å². The van der Waals surface area contributed by atoms with Crippen LogP contribution >= 0.6 is 34.8 Å². The summed E-state index contributed by atoms with van der Waals surface area (Å²) in [5.41, 5.74) is 0.300. The first-order valence-electron chi connectivity index (χ1n) is 5.78. The van der Waals surface area contributed by atoms with Gasteiger partial charge in [0.15, 0.2) is 6.61 Å². The van der Waals surface area contributed by atoms with Crippen LogP contribution in [0.2, 0.25) is 15.1 Å². The monoisotopic (exact) mass is 347 g/mol. The van der Waals surface area contributed by atoms with Gasteiger partial charge in [-0.1, -0.05) is 34.8 Å². The molecule has 0 aliphatic heterocycles. The second-order valence-electron chi connectivity index (χ2n) is 4.04. The van der Waals surface area contributed by atoms with Crippen molar-refractivity contribution in [2.75, 3.05) is 11.9 Å². The molecule has 0 bridgehead atoms. The van der Waals surface area contributed by atoms with Crippen molar-refractivity contribution in [2.24, 2.45) is 0 Å². The zero-order valence-corrected chi connectivity index (χ0v) is 12.8. The van der Waals surface area contributed by atoms with Crippen molar-refractivity contribution < 1.29 is 13.9 Å². The van der Waals surface area contributed by atoms with Crippen molar-refractivity contribution in [1.82, 2.24) is 0 Å². The van der Waals surface area contributed by atoms with Crippen LogP contribution in [0.1, 0.15) is 0 Å². The number of rotatable bonds is 4. The Bertz CT molecular complexity index is 679. The standard InChI is InChI=1S/C14H9Cl3FNO2/c15-8-1-4-13(11(17)5-8)21-7-14(20)19-12-3-2-9(18)6-10(12)16/h1-6H,7H2,(H,19,20). The summed E-state index contributed by atoms with van der Waals surface area (Å²) in [5.74, 6) is -0.599. The second-order valence-corrected chi connectivity index (χ2v) is 5.29. The van der Waals surface area contributed by atoms with Gasteiger partial charge in [0.25, 0.3) is 5.91 Å². The summed E-state index contributed by atoms with van der Waals surface area (Å²) in [4.78, 5) is 11.7. The van der Waals surface area contributed by atoms with Crippen LogP contribution in [-0.4, -0.2) is 12.5 Å². The highest BCUT2D eigenvalue weighted by molar-refractivity contribution is 6.35. The molecule has 7 heteroatoms. The molecule has 2 aromatic carbocycles. The highest BCUT2D eigenvalue weighted by Crippen LogP contribution is 2.27. The van der Waals surface area contributed by atoms with Crippen molar-refractivity contribution in [3.63, 3.8) is 0 Å². The maximum Gasteiger partial charge on any atom is 0.262 e. The first-order valence-corrected chi connectivity index (χ1v) is 6.92. The molecule has 0 aliphatic rings. The van der Waals surface area contributed by atoms with E-state index < -0.39 is 11.7 Å². The molecule has 0 spiro atoms. The largest absolute Gasteiger partial charge is 0.482 e. The quantitative estimate of drug-likeness (QED) is 0.861. The molecule has 0 aliphatic carbocycles. The van der Waals surface area contributed by atoms with Crippen LogP contribution in [0.5, 0.6) is 5.75 Å². The number of benzene rings is 2. The van der Waals surface area contributed by atoms with Crippen molar-refractivity contribution in [3.05, 3.63) is 57.3 Å². The van der Waals surface area contributed by atoms with E-state index in [-0.39, 0.29) is 11.6 Å². The highest BCUT2D eigenvalue weighted by atomic mass is 35.5. The Morgan fingerprint density at radius 2 is 1.86 bits per heavy atom. The molecule has 0 saturated heterocycles. The summed E-state index contributed by atoms with van der Waals surface area (Å²) in [6.07, 6.45) is 0. The van der Waals surface area contributed by atoms with Gasteiger partial charge in [-0.15, -0.1) is 0 Å². The summed E-state index contributed by atoms with van der Waals surface area (Å²) in [6, 6.07) is 8.32. The van der Waals surface area contributed by atoms with Gasteiger partial charge in [-0.05, 0) is 36.4 Å². The summed E-state index contributed by atoms with van der Waals surface area (Å²) >= 11 is 17.5. The number of ether oxygens (including phenoxy) is 1. The number of hydrogen-bond donors (Lipinski definition) is 1. The SMILES string of the molecule is O=C(COc1ccc(Cl)cc1Cl)Nc1ccc(F)cc1Cl. The van der Waals surface area contributed by atoms with Crippen molar-refractivity contribution in [3.8, 4) is 5.75 Å². The fraction of sp³-hybridized carbons (Fsp3) is 0.0714. The summed E-state index contributed by atoms with van der Waals surface area (Å²) in [5, 5.41) is 3.38. The van der Waals surface area contributed by atoms with E-state index in [1.54, 1.807) is 12.1 Å². The Morgan fingerprint density at radius 1 is 1.10 bits per heavy atom. The first-order chi connectivity index (χ1) is 9.95. The summed E-state index contributed by atoms with van der Waals surface area (Å²) in [7, 11) is 0. The number of hydrogen-bond acceptors (Lipinski definition) is 2. The lowest BCUT2D eigenvalue weighted by Crippen LogP contribution is -2.20. The van der Waals surface area contributed by atoms with Crippen molar-refractivity contribution >= 4 is 46.4 Å². The maximum absolute atomic E-state index is 12.9. The zero-order chi connectivity index (χ0) is 15.4. The van der Waals surface area contributed by atoms with Crippen LogP contribution in [-0.2, 0) is 4.79 Å². The third-order valence-electron chi connectivity index (χ3n) is 2.46. The minimum absolute atomic E-state index is 0.105. The van der Waals surface area contributed by atoms with Gasteiger partial charge in [0.2, 0.25) is 0 Å². The zero-order valence-electron chi connectivity index (χ0n) is 10.5. The van der Waals surface area contributed by atoms with E-state index in [0.717, 1.165) is 6.07 Å². The molecule has 0 saturated carbocycles.